The molecule has 0 bridgehead atoms. The minimum absolute atomic E-state index is 0.0859. The molecule has 0 unspecified atom stereocenters. The SMILES string of the molecule is CC(C)(C)OC(=O)Nc1ccc(C(=O)Nc2ncco2)nc1. The molecule has 2 aromatic rings. The Morgan fingerprint density at radius 3 is 2.50 bits per heavy atom. The maximum Gasteiger partial charge on any atom is 0.412 e. The van der Waals surface area contributed by atoms with Gasteiger partial charge in [-0.15, -0.1) is 0 Å². The fourth-order valence-corrected chi connectivity index (χ4v) is 1.47. The number of carbonyl (C=O) groups excluding carboxylic acids is 2. The Balaban J connectivity index is 1.95. The monoisotopic (exact) mass is 304 g/mol. The van der Waals surface area contributed by atoms with E-state index in [2.05, 4.69) is 20.6 Å². The van der Waals surface area contributed by atoms with Crippen LogP contribution in [0.15, 0.2) is 35.2 Å². The molecule has 0 saturated heterocycles. The number of hydrogen-bond acceptors (Lipinski definition) is 6. The third-order valence-corrected chi connectivity index (χ3v) is 2.29. The molecule has 0 atom stereocenters. The van der Waals surface area contributed by atoms with Gasteiger partial charge < -0.3 is 9.15 Å². The highest BCUT2D eigenvalue weighted by Gasteiger charge is 2.16. The Bertz CT molecular complexity index is 644. The van der Waals surface area contributed by atoms with Crippen LogP contribution in [0.4, 0.5) is 16.5 Å². The number of amides is 2. The van der Waals surface area contributed by atoms with Crippen LogP contribution in [-0.4, -0.2) is 27.6 Å². The van der Waals surface area contributed by atoms with Crippen LogP contribution >= 0.6 is 0 Å². The first kappa shape index (κ1) is 15.5. The van der Waals surface area contributed by atoms with Gasteiger partial charge in [0, 0.05) is 0 Å². The summed E-state index contributed by atoms with van der Waals surface area (Å²) in [5.74, 6) is -0.466. The number of carbonyl (C=O) groups is 2. The van der Waals surface area contributed by atoms with Crippen molar-refractivity contribution in [2.45, 2.75) is 26.4 Å². The smallest absolute Gasteiger partial charge is 0.412 e. The quantitative estimate of drug-likeness (QED) is 0.902. The van der Waals surface area contributed by atoms with E-state index in [1.165, 1.54) is 24.7 Å². The number of anilines is 2. The minimum atomic E-state index is -0.591. The molecule has 0 aliphatic heterocycles. The van der Waals surface area contributed by atoms with Gasteiger partial charge in [-0.05, 0) is 32.9 Å². The van der Waals surface area contributed by atoms with Gasteiger partial charge in [-0.1, -0.05) is 0 Å². The number of pyridine rings is 1. The molecule has 0 fully saturated rings. The molecule has 0 saturated carbocycles. The Hall–Kier alpha value is -2.90. The number of ether oxygens (including phenoxy) is 1. The second-order valence-electron chi connectivity index (χ2n) is 5.35. The van der Waals surface area contributed by atoms with Crippen molar-refractivity contribution in [3.63, 3.8) is 0 Å². The molecule has 0 aliphatic carbocycles. The van der Waals surface area contributed by atoms with Gasteiger partial charge in [0.1, 0.15) is 17.6 Å². The average molecular weight is 304 g/mol. The largest absolute Gasteiger partial charge is 0.444 e. The van der Waals surface area contributed by atoms with E-state index >= 15 is 0 Å². The van der Waals surface area contributed by atoms with Gasteiger partial charge in [0.2, 0.25) is 0 Å². The van der Waals surface area contributed by atoms with Crippen LogP contribution in [0.2, 0.25) is 0 Å². The van der Waals surface area contributed by atoms with Crippen LogP contribution in [0.25, 0.3) is 0 Å². The van der Waals surface area contributed by atoms with Crippen LogP contribution in [0.5, 0.6) is 0 Å². The third-order valence-electron chi connectivity index (χ3n) is 2.29. The maximum atomic E-state index is 11.8. The van der Waals surface area contributed by atoms with E-state index in [0.29, 0.717) is 5.69 Å². The van der Waals surface area contributed by atoms with Crippen molar-refractivity contribution in [3.05, 3.63) is 36.5 Å². The zero-order chi connectivity index (χ0) is 16.2. The van der Waals surface area contributed by atoms with Gasteiger partial charge in [-0.25, -0.2) is 14.8 Å². The maximum absolute atomic E-state index is 11.8. The summed E-state index contributed by atoms with van der Waals surface area (Å²) in [5, 5.41) is 4.96. The van der Waals surface area contributed by atoms with Crippen molar-refractivity contribution in [2.24, 2.45) is 0 Å². The summed E-state index contributed by atoms with van der Waals surface area (Å²) in [7, 11) is 0. The standard InChI is InChI=1S/C14H16N4O4/c1-14(2,3)22-13(20)17-9-4-5-10(16-8-9)11(19)18-12-15-6-7-21-12/h4-8H,1-3H3,(H,17,20)(H,15,18,19). The van der Waals surface area contributed by atoms with Gasteiger partial charge in [0.25, 0.3) is 5.91 Å². The predicted octanol–water partition coefficient (Wildman–Crippen LogP) is 2.67. The lowest BCUT2D eigenvalue weighted by atomic mass is 10.2. The first-order valence-corrected chi connectivity index (χ1v) is 6.50. The van der Waals surface area contributed by atoms with Crippen LogP contribution < -0.4 is 10.6 Å². The van der Waals surface area contributed by atoms with Gasteiger partial charge >= 0.3 is 12.1 Å². The molecular formula is C14H16N4O4. The zero-order valence-electron chi connectivity index (χ0n) is 12.4. The second kappa shape index (κ2) is 6.25. The molecule has 8 heteroatoms. The highest BCUT2D eigenvalue weighted by Crippen LogP contribution is 2.12. The van der Waals surface area contributed by atoms with E-state index in [9.17, 15) is 9.59 Å². The van der Waals surface area contributed by atoms with Gasteiger partial charge in [-0.3, -0.25) is 15.4 Å². The lowest BCUT2D eigenvalue weighted by molar-refractivity contribution is 0.0635. The lowest BCUT2D eigenvalue weighted by Gasteiger charge is -2.19. The van der Waals surface area contributed by atoms with Crippen LogP contribution in [0.1, 0.15) is 31.3 Å². The lowest BCUT2D eigenvalue weighted by Crippen LogP contribution is -2.27. The Labute approximate surface area is 126 Å². The van der Waals surface area contributed by atoms with E-state index in [1.807, 2.05) is 0 Å². The third kappa shape index (κ3) is 4.58. The summed E-state index contributed by atoms with van der Waals surface area (Å²) in [5.41, 5.74) is -0.0113. The van der Waals surface area contributed by atoms with Crippen molar-refractivity contribution < 1.29 is 18.7 Å². The Kier molecular flexibility index (Phi) is 4.40. The molecule has 22 heavy (non-hydrogen) atoms. The molecular weight excluding hydrogens is 288 g/mol. The van der Waals surface area contributed by atoms with Crippen molar-refractivity contribution in [3.8, 4) is 0 Å². The van der Waals surface area contributed by atoms with Gasteiger partial charge in [0.15, 0.2) is 0 Å². The molecule has 0 radical (unpaired) electrons. The molecule has 116 valence electrons. The van der Waals surface area contributed by atoms with E-state index in [0.717, 1.165) is 0 Å². The van der Waals surface area contributed by atoms with Crippen LogP contribution in [0, 0.1) is 0 Å². The molecule has 2 aromatic heterocycles. The van der Waals surface area contributed by atoms with E-state index in [1.54, 1.807) is 26.8 Å². The predicted molar refractivity (Wildman–Crippen MR) is 78.5 cm³/mol. The number of nitrogens with one attached hydrogen (secondary N) is 2. The fraction of sp³-hybridized carbons (Fsp3) is 0.286. The zero-order valence-corrected chi connectivity index (χ0v) is 12.4. The number of nitrogens with zero attached hydrogens (tertiary/aromatic N) is 2. The van der Waals surface area contributed by atoms with E-state index in [-0.39, 0.29) is 11.7 Å². The molecule has 0 aliphatic rings. The Morgan fingerprint density at radius 2 is 1.95 bits per heavy atom. The number of hydrogen-bond donors (Lipinski definition) is 2. The summed E-state index contributed by atoms with van der Waals surface area (Å²) in [4.78, 5) is 31.2. The van der Waals surface area contributed by atoms with E-state index < -0.39 is 17.6 Å². The first-order valence-electron chi connectivity index (χ1n) is 6.50. The van der Waals surface area contributed by atoms with Crippen molar-refractivity contribution in [1.82, 2.24) is 9.97 Å². The highest BCUT2D eigenvalue weighted by molar-refractivity contribution is 6.01. The summed E-state index contributed by atoms with van der Waals surface area (Å²) in [6.45, 7) is 5.29. The topological polar surface area (TPSA) is 106 Å². The highest BCUT2D eigenvalue weighted by atomic mass is 16.6. The summed E-state index contributed by atoms with van der Waals surface area (Å²) >= 11 is 0. The van der Waals surface area contributed by atoms with Crippen molar-refractivity contribution in [2.75, 3.05) is 10.6 Å². The number of aromatic nitrogens is 2. The van der Waals surface area contributed by atoms with Gasteiger partial charge in [0.05, 0.1) is 18.1 Å². The first-order chi connectivity index (χ1) is 10.3. The van der Waals surface area contributed by atoms with Gasteiger partial charge in [-0.2, -0.15) is 0 Å². The summed E-state index contributed by atoms with van der Waals surface area (Å²) < 4.78 is 10.0. The molecule has 2 N–H and O–H groups in total. The molecule has 0 spiro atoms. The summed E-state index contributed by atoms with van der Waals surface area (Å²) in [6, 6.07) is 3.09. The second-order valence-corrected chi connectivity index (χ2v) is 5.35. The minimum Gasteiger partial charge on any atom is -0.444 e. The van der Waals surface area contributed by atoms with Crippen LogP contribution in [0.3, 0.4) is 0 Å². The molecule has 2 rings (SSSR count). The molecule has 2 amide bonds. The van der Waals surface area contributed by atoms with E-state index in [4.69, 9.17) is 9.15 Å². The summed E-state index contributed by atoms with van der Waals surface area (Å²) in [6.07, 6.45) is 3.52. The number of rotatable bonds is 3. The average Bonchev–Trinajstić information content (AvgIpc) is 2.90. The van der Waals surface area contributed by atoms with Crippen molar-refractivity contribution >= 4 is 23.7 Å². The Morgan fingerprint density at radius 1 is 1.18 bits per heavy atom. The molecule has 8 nitrogen and oxygen atoms in total. The fourth-order valence-electron chi connectivity index (χ4n) is 1.47. The molecule has 2 heterocycles. The molecule has 0 aromatic carbocycles. The number of oxazole rings is 1. The van der Waals surface area contributed by atoms with Crippen LogP contribution in [-0.2, 0) is 4.74 Å². The van der Waals surface area contributed by atoms with Crippen molar-refractivity contribution in [1.29, 1.82) is 0 Å². The normalized spacial score (nSPS) is 10.9.